The van der Waals surface area contributed by atoms with Gasteiger partial charge in [-0.15, -0.1) is 0 Å². The summed E-state index contributed by atoms with van der Waals surface area (Å²) in [7, 11) is 0. The van der Waals surface area contributed by atoms with Crippen LogP contribution in [0.5, 0.6) is 0 Å². The van der Waals surface area contributed by atoms with E-state index in [2.05, 4.69) is 39.0 Å². The molecule has 0 aliphatic carbocycles. The molecule has 12 heavy (non-hydrogen) atoms. The van der Waals surface area contributed by atoms with E-state index in [9.17, 15) is 0 Å². The molecule has 0 aliphatic rings. The fourth-order valence-corrected chi connectivity index (χ4v) is 1.10. The molecule has 0 saturated carbocycles. The average Bonchev–Trinajstić information content (AvgIpc) is 2.02. The van der Waals surface area contributed by atoms with Crippen molar-refractivity contribution in [2.75, 3.05) is 0 Å². The van der Waals surface area contributed by atoms with E-state index in [1.165, 1.54) is 12.0 Å². The Bertz CT molecular complexity index is 216. The van der Waals surface area contributed by atoms with Crippen LogP contribution in [0.3, 0.4) is 0 Å². The average molecular weight is 161 g/mol. The van der Waals surface area contributed by atoms with Gasteiger partial charge in [-0.3, -0.25) is 0 Å². The van der Waals surface area contributed by atoms with Crippen molar-refractivity contribution in [2.45, 2.75) is 33.6 Å². The molecule has 0 saturated heterocycles. The van der Waals surface area contributed by atoms with Gasteiger partial charge in [0, 0.05) is 0 Å². The van der Waals surface area contributed by atoms with Crippen LogP contribution in [-0.2, 0) is 6.42 Å². The summed E-state index contributed by atoms with van der Waals surface area (Å²) in [5.41, 5.74) is 1.76. The first-order valence-corrected chi connectivity index (χ1v) is 4.53. The van der Waals surface area contributed by atoms with Crippen LogP contribution in [-0.4, -0.2) is 0 Å². The Morgan fingerprint density at radius 3 is 2.50 bits per heavy atom. The Morgan fingerprint density at radius 2 is 2.00 bits per heavy atom. The third-order valence-corrected chi connectivity index (χ3v) is 1.92. The summed E-state index contributed by atoms with van der Waals surface area (Å²) in [6.07, 6.45) is 2.37. The molecule has 0 atom stereocenters. The molecule has 0 N–H and O–H groups in total. The fraction of sp³-hybridized carbons (Fsp3) is 0.500. The predicted molar refractivity (Wildman–Crippen MR) is 53.1 cm³/mol. The van der Waals surface area contributed by atoms with Gasteiger partial charge in [-0.25, -0.2) is 0 Å². The van der Waals surface area contributed by atoms with Crippen molar-refractivity contribution < 1.29 is 0 Å². The standard InChI is InChI=1S/C12H17/c1-12(2,3)10-9-11-7-5-4-6-8-11/h4-7H,9-10H2,1-3H3. The lowest BCUT2D eigenvalue weighted by Crippen LogP contribution is -2.06. The molecule has 0 amide bonds. The lowest BCUT2D eigenvalue weighted by atomic mass is 9.89. The van der Waals surface area contributed by atoms with Crippen molar-refractivity contribution in [2.24, 2.45) is 5.41 Å². The molecule has 0 bridgehead atoms. The second kappa shape index (κ2) is 3.75. The second-order valence-electron chi connectivity index (χ2n) is 4.45. The van der Waals surface area contributed by atoms with Gasteiger partial charge < -0.3 is 0 Å². The third-order valence-electron chi connectivity index (χ3n) is 1.92. The predicted octanol–water partition coefficient (Wildman–Crippen LogP) is 3.47. The molecule has 1 rings (SSSR count). The minimum Gasteiger partial charge on any atom is -0.0620 e. The topological polar surface area (TPSA) is 0 Å². The van der Waals surface area contributed by atoms with Gasteiger partial charge in [0.25, 0.3) is 0 Å². The first kappa shape index (κ1) is 9.31. The number of hydrogen-bond donors (Lipinski definition) is 0. The highest BCUT2D eigenvalue weighted by atomic mass is 14.1. The molecule has 0 unspecified atom stereocenters. The zero-order valence-electron chi connectivity index (χ0n) is 8.22. The van der Waals surface area contributed by atoms with Gasteiger partial charge >= 0.3 is 0 Å². The summed E-state index contributed by atoms with van der Waals surface area (Å²) in [5, 5.41) is 0. The highest BCUT2D eigenvalue weighted by Crippen LogP contribution is 2.20. The first-order valence-electron chi connectivity index (χ1n) is 4.53. The monoisotopic (exact) mass is 161 g/mol. The van der Waals surface area contributed by atoms with Crippen molar-refractivity contribution in [1.82, 2.24) is 0 Å². The molecule has 0 nitrogen and oxygen atoms in total. The Morgan fingerprint density at radius 1 is 1.25 bits per heavy atom. The van der Waals surface area contributed by atoms with E-state index in [0.29, 0.717) is 5.41 Å². The Balaban J connectivity index is 2.44. The highest BCUT2D eigenvalue weighted by molar-refractivity contribution is 5.13. The molecule has 1 aromatic carbocycles. The molecular weight excluding hydrogens is 144 g/mol. The van der Waals surface area contributed by atoms with E-state index >= 15 is 0 Å². The minimum atomic E-state index is 0.434. The maximum atomic E-state index is 3.24. The molecule has 0 spiro atoms. The summed E-state index contributed by atoms with van der Waals surface area (Å²) < 4.78 is 0. The highest BCUT2D eigenvalue weighted by Gasteiger charge is 2.09. The van der Waals surface area contributed by atoms with Crippen LogP contribution < -0.4 is 0 Å². The fourth-order valence-electron chi connectivity index (χ4n) is 1.10. The molecule has 65 valence electrons. The van der Waals surface area contributed by atoms with Gasteiger partial charge in [-0.05, 0) is 29.9 Å². The van der Waals surface area contributed by atoms with Crippen molar-refractivity contribution in [1.29, 1.82) is 0 Å². The SMILES string of the molecule is CC(C)(C)CCc1[c]cccc1. The Kier molecular flexibility index (Phi) is 2.91. The second-order valence-corrected chi connectivity index (χ2v) is 4.45. The van der Waals surface area contributed by atoms with Crippen LogP contribution in [0.4, 0.5) is 0 Å². The normalized spacial score (nSPS) is 11.6. The molecule has 0 heteroatoms. The molecule has 0 aliphatic heterocycles. The maximum absolute atomic E-state index is 3.24. The third kappa shape index (κ3) is 3.56. The molecule has 1 radical (unpaired) electrons. The van der Waals surface area contributed by atoms with Crippen LogP contribution in [0.2, 0.25) is 0 Å². The van der Waals surface area contributed by atoms with Crippen molar-refractivity contribution in [3.63, 3.8) is 0 Å². The van der Waals surface area contributed by atoms with Crippen LogP contribution in [0.25, 0.3) is 0 Å². The van der Waals surface area contributed by atoms with Gasteiger partial charge in [0.1, 0.15) is 0 Å². The lowest BCUT2D eigenvalue weighted by molar-refractivity contribution is 0.378. The van der Waals surface area contributed by atoms with Gasteiger partial charge in [0.2, 0.25) is 0 Å². The first-order chi connectivity index (χ1) is 5.58. The van der Waals surface area contributed by atoms with Gasteiger partial charge in [0.15, 0.2) is 0 Å². The van der Waals surface area contributed by atoms with E-state index in [1.807, 2.05) is 12.1 Å². The largest absolute Gasteiger partial charge is 0.0620 e. The Labute approximate surface area is 75.6 Å². The zero-order valence-corrected chi connectivity index (χ0v) is 8.22. The van der Waals surface area contributed by atoms with E-state index in [4.69, 9.17) is 0 Å². The van der Waals surface area contributed by atoms with E-state index in [-0.39, 0.29) is 0 Å². The summed E-state index contributed by atoms with van der Waals surface area (Å²) >= 11 is 0. The quantitative estimate of drug-likeness (QED) is 0.623. The number of hydrogen-bond acceptors (Lipinski definition) is 0. The van der Waals surface area contributed by atoms with Crippen LogP contribution in [0.15, 0.2) is 24.3 Å². The molecule has 0 aromatic heterocycles. The molecule has 1 aromatic rings. The van der Waals surface area contributed by atoms with Crippen molar-refractivity contribution in [3.05, 3.63) is 35.9 Å². The summed E-state index contributed by atoms with van der Waals surface area (Å²) in [4.78, 5) is 0. The number of rotatable bonds is 2. The van der Waals surface area contributed by atoms with E-state index < -0.39 is 0 Å². The number of benzene rings is 1. The van der Waals surface area contributed by atoms with E-state index in [1.54, 1.807) is 0 Å². The van der Waals surface area contributed by atoms with Crippen LogP contribution in [0, 0.1) is 11.5 Å². The summed E-state index contributed by atoms with van der Waals surface area (Å²) in [5.74, 6) is 0. The lowest BCUT2D eigenvalue weighted by Gasteiger charge is -2.17. The smallest absolute Gasteiger partial charge is 0.0149 e. The van der Waals surface area contributed by atoms with E-state index in [0.717, 1.165) is 6.42 Å². The maximum Gasteiger partial charge on any atom is -0.0149 e. The van der Waals surface area contributed by atoms with Crippen molar-refractivity contribution in [3.8, 4) is 0 Å². The van der Waals surface area contributed by atoms with Gasteiger partial charge in [-0.1, -0.05) is 45.0 Å². The summed E-state index contributed by atoms with van der Waals surface area (Å²) in [6, 6.07) is 11.5. The van der Waals surface area contributed by atoms with Crippen LogP contribution in [0.1, 0.15) is 32.8 Å². The van der Waals surface area contributed by atoms with Gasteiger partial charge in [0.05, 0.1) is 0 Å². The zero-order chi connectivity index (χ0) is 9.03. The molecule has 0 fully saturated rings. The van der Waals surface area contributed by atoms with Crippen molar-refractivity contribution >= 4 is 0 Å². The van der Waals surface area contributed by atoms with Crippen LogP contribution >= 0.6 is 0 Å². The van der Waals surface area contributed by atoms with Gasteiger partial charge in [-0.2, -0.15) is 0 Å². The molecule has 0 heterocycles. The molecular formula is C12H17. The minimum absolute atomic E-state index is 0.434. The Hall–Kier alpha value is -0.780. The number of aryl methyl sites for hydroxylation is 1. The summed E-state index contributed by atoms with van der Waals surface area (Å²) in [6.45, 7) is 6.82.